The zero-order valence-corrected chi connectivity index (χ0v) is 13.7. The zero-order valence-electron chi connectivity index (χ0n) is 13.7. The molecule has 0 bridgehead atoms. The Kier molecular flexibility index (Phi) is 6.24. The first kappa shape index (κ1) is 19.0. The van der Waals surface area contributed by atoms with Crippen LogP contribution < -0.4 is 20.7 Å². The molecule has 2 amide bonds. The average molecular weight is 359 g/mol. The largest absolute Gasteiger partial charge is 0.479 e. The number of unbranched alkanes of at least 4 members (excludes halogenated alkanes) is 1. The molecule has 0 saturated heterocycles. The SMILES string of the molecule is CC1Oc2ccc(CNCCCCNC(=O)C(F)(F)F)cc2NC1=O. The standard InChI is InChI=1S/C16H20F3N3O3/c1-10-14(23)22-12-8-11(4-5-13(12)25-10)9-20-6-2-3-7-21-15(24)16(17,18)19/h4-5,8,10,20H,2-3,6-7,9H2,1H3,(H,21,24)(H,22,23). The number of fused-ring (bicyclic) bond motifs is 1. The Hall–Kier alpha value is -2.29. The van der Waals surface area contributed by atoms with Crippen LogP contribution in [0, 0.1) is 0 Å². The van der Waals surface area contributed by atoms with Gasteiger partial charge in [0.2, 0.25) is 0 Å². The van der Waals surface area contributed by atoms with Gasteiger partial charge in [0.15, 0.2) is 6.10 Å². The number of nitrogens with one attached hydrogen (secondary N) is 3. The van der Waals surface area contributed by atoms with Gasteiger partial charge >= 0.3 is 12.1 Å². The Balaban J connectivity index is 1.65. The maximum Gasteiger partial charge on any atom is 0.471 e. The van der Waals surface area contributed by atoms with Gasteiger partial charge in [0.25, 0.3) is 5.91 Å². The van der Waals surface area contributed by atoms with Crippen molar-refractivity contribution in [3.63, 3.8) is 0 Å². The second-order valence-corrected chi connectivity index (χ2v) is 5.72. The first-order valence-corrected chi connectivity index (χ1v) is 7.93. The van der Waals surface area contributed by atoms with Gasteiger partial charge in [-0.25, -0.2) is 0 Å². The number of amides is 2. The summed E-state index contributed by atoms with van der Waals surface area (Å²) in [6.45, 7) is 2.80. The van der Waals surface area contributed by atoms with Crippen molar-refractivity contribution in [1.82, 2.24) is 10.6 Å². The molecule has 3 N–H and O–H groups in total. The Morgan fingerprint density at radius 2 is 2.00 bits per heavy atom. The van der Waals surface area contributed by atoms with E-state index < -0.39 is 18.2 Å². The molecule has 1 unspecified atom stereocenters. The third kappa shape index (κ3) is 5.63. The molecule has 1 aliphatic heterocycles. The summed E-state index contributed by atoms with van der Waals surface area (Å²) in [5.74, 6) is -1.48. The molecule has 0 aliphatic carbocycles. The van der Waals surface area contributed by atoms with Crippen LogP contribution in [0.3, 0.4) is 0 Å². The Morgan fingerprint density at radius 1 is 1.28 bits per heavy atom. The third-order valence-electron chi connectivity index (χ3n) is 3.63. The summed E-state index contributed by atoms with van der Waals surface area (Å²) in [6.07, 6.45) is -4.28. The number of hydrogen-bond donors (Lipinski definition) is 3. The van der Waals surface area contributed by atoms with Crippen LogP contribution in [0.25, 0.3) is 0 Å². The molecule has 2 rings (SSSR count). The van der Waals surface area contributed by atoms with E-state index in [4.69, 9.17) is 4.74 Å². The van der Waals surface area contributed by atoms with Crippen molar-refractivity contribution >= 4 is 17.5 Å². The quantitative estimate of drug-likeness (QED) is 0.650. The molecule has 1 atom stereocenters. The molecule has 25 heavy (non-hydrogen) atoms. The van der Waals surface area contributed by atoms with Crippen LogP contribution in [-0.2, 0) is 16.1 Å². The van der Waals surface area contributed by atoms with Crippen molar-refractivity contribution in [2.24, 2.45) is 0 Å². The van der Waals surface area contributed by atoms with E-state index in [1.165, 1.54) is 0 Å². The van der Waals surface area contributed by atoms with Crippen molar-refractivity contribution in [2.45, 2.75) is 38.6 Å². The smallest absolute Gasteiger partial charge is 0.471 e. The van der Waals surface area contributed by atoms with Crippen LogP contribution in [0.1, 0.15) is 25.3 Å². The molecular formula is C16H20F3N3O3. The molecule has 9 heteroatoms. The first-order valence-electron chi connectivity index (χ1n) is 7.93. The van der Waals surface area contributed by atoms with Crippen LogP contribution in [-0.4, -0.2) is 37.2 Å². The number of alkyl halides is 3. The highest BCUT2D eigenvalue weighted by Gasteiger charge is 2.38. The van der Waals surface area contributed by atoms with Crippen LogP contribution in [0.5, 0.6) is 5.75 Å². The average Bonchev–Trinajstić information content (AvgIpc) is 2.54. The lowest BCUT2D eigenvalue weighted by molar-refractivity contribution is -0.173. The van der Waals surface area contributed by atoms with E-state index in [-0.39, 0.29) is 12.5 Å². The van der Waals surface area contributed by atoms with Gasteiger partial charge < -0.3 is 20.7 Å². The summed E-state index contributed by atoms with van der Waals surface area (Å²) < 4.78 is 41.4. The molecule has 0 saturated carbocycles. The Bertz CT molecular complexity index is 635. The molecular weight excluding hydrogens is 339 g/mol. The summed E-state index contributed by atoms with van der Waals surface area (Å²) in [4.78, 5) is 22.2. The van der Waals surface area contributed by atoms with Crippen LogP contribution in [0.2, 0.25) is 0 Å². The van der Waals surface area contributed by atoms with E-state index in [0.717, 1.165) is 5.56 Å². The number of anilines is 1. The minimum absolute atomic E-state index is 0.0135. The number of halogens is 3. The normalized spacial score (nSPS) is 16.6. The lowest BCUT2D eigenvalue weighted by Gasteiger charge is -2.23. The summed E-state index contributed by atoms with van der Waals surface area (Å²) in [6, 6.07) is 5.48. The molecule has 0 fully saturated rings. The molecule has 138 valence electrons. The molecule has 0 aromatic heterocycles. The van der Waals surface area contributed by atoms with Gasteiger partial charge in [0.1, 0.15) is 5.75 Å². The number of ether oxygens (including phenoxy) is 1. The van der Waals surface area contributed by atoms with E-state index in [0.29, 0.717) is 37.4 Å². The highest BCUT2D eigenvalue weighted by molar-refractivity contribution is 5.97. The van der Waals surface area contributed by atoms with Crippen molar-refractivity contribution in [1.29, 1.82) is 0 Å². The third-order valence-corrected chi connectivity index (χ3v) is 3.63. The molecule has 1 heterocycles. The predicted octanol–water partition coefficient (Wildman–Crippen LogP) is 1.95. The minimum Gasteiger partial charge on any atom is -0.479 e. The maximum absolute atomic E-state index is 12.0. The fourth-order valence-electron chi connectivity index (χ4n) is 2.28. The van der Waals surface area contributed by atoms with Crippen LogP contribution >= 0.6 is 0 Å². The molecule has 0 radical (unpaired) electrons. The highest BCUT2D eigenvalue weighted by Crippen LogP contribution is 2.30. The molecule has 1 aromatic rings. The molecule has 6 nitrogen and oxygen atoms in total. The van der Waals surface area contributed by atoms with E-state index in [2.05, 4.69) is 10.6 Å². The van der Waals surface area contributed by atoms with Crippen LogP contribution in [0.15, 0.2) is 18.2 Å². The minimum atomic E-state index is -4.83. The molecule has 1 aromatic carbocycles. The van der Waals surface area contributed by atoms with Gasteiger partial charge in [0, 0.05) is 13.1 Å². The molecule has 1 aliphatic rings. The monoisotopic (exact) mass is 359 g/mol. The second-order valence-electron chi connectivity index (χ2n) is 5.72. The van der Waals surface area contributed by atoms with E-state index >= 15 is 0 Å². The number of rotatable bonds is 7. The van der Waals surface area contributed by atoms with Gasteiger partial charge in [0.05, 0.1) is 5.69 Å². The topological polar surface area (TPSA) is 79.5 Å². The summed E-state index contributed by atoms with van der Waals surface area (Å²) >= 11 is 0. The number of carbonyl (C=O) groups is 2. The van der Waals surface area contributed by atoms with Crippen molar-refractivity contribution in [2.75, 3.05) is 18.4 Å². The van der Waals surface area contributed by atoms with E-state index in [1.807, 2.05) is 17.4 Å². The van der Waals surface area contributed by atoms with Gasteiger partial charge in [-0.2, -0.15) is 13.2 Å². The lowest BCUT2D eigenvalue weighted by Crippen LogP contribution is -2.37. The second kappa shape index (κ2) is 8.19. The summed E-state index contributed by atoms with van der Waals surface area (Å²) in [5.41, 5.74) is 1.57. The Morgan fingerprint density at radius 3 is 2.72 bits per heavy atom. The first-order chi connectivity index (χ1) is 11.8. The van der Waals surface area contributed by atoms with Gasteiger partial charge in [-0.15, -0.1) is 0 Å². The van der Waals surface area contributed by atoms with Gasteiger partial charge in [-0.05, 0) is 44.0 Å². The van der Waals surface area contributed by atoms with Crippen molar-refractivity contribution < 1.29 is 27.5 Å². The highest BCUT2D eigenvalue weighted by atomic mass is 19.4. The predicted molar refractivity (Wildman–Crippen MR) is 85.2 cm³/mol. The van der Waals surface area contributed by atoms with Crippen molar-refractivity contribution in [3.05, 3.63) is 23.8 Å². The lowest BCUT2D eigenvalue weighted by atomic mass is 10.1. The fraction of sp³-hybridized carbons (Fsp3) is 0.500. The van der Waals surface area contributed by atoms with Gasteiger partial charge in [-0.3, -0.25) is 9.59 Å². The van der Waals surface area contributed by atoms with Crippen molar-refractivity contribution in [3.8, 4) is 5.75 Å². The number of benzene rings is 1. The Labute approximate surface area is 143 Å². The maximum atomic E-state index is 12.0. The zero-order chi connectivity index (χ0) is 18.4. The fourth-order valence-corrected chi connectivity index (χ4v) is 2.28. The molecule has 0 spiro atoms. The number of hydrogen-bond acceptors (Lipinski definition) is 4. The summed E-state index contributed by atoms with van der Waals surface area (Å²) in [7, 11) is 0. The van der Waals surface area contributed by atoms with E-state index in [1.54, 1.807) is 13.0 Å². The summed E-state index contributed by atoms with van der Waals surface area (Å²) in [5, 5.41) is 7.75. The van der Waals surface area contributed by atoms with Gasteiger partial charge in [-0.1, -0.05) is 6.07 Å². The van der Waals surface area contributed by atoms with E-state index in [9.17, 15) is 22.8 Å². The number of carbonyl (C=O) groups excluding carboxylic acids is 2. The van der Waals surface area contributed by atoms with Crippen LogP contribution in [0.4, 0.5) is 18.9 Å².